The Labute approximate surface area is 114 Å². The first-order valence-electron chi connectivity index (χ1n) is 6.72. The molecule has 5 heteroatoms. The fraction of sp³-hybridized carbons (Fsp3) is 0.769. The average molecular weight is 272 g/mol. The highest BCUT2D eigenvalue weighted by Crippen LogP contribution is 2.28. The number of aromatic nitrogens is 2. The molecule has 1 N–H and O–H groups in total. The van der Waals surface area contributed by atoms with Crippen LogP contribution in [-0.4, -0.2) is 29.5 Å². The summed E-state index contributed by atoms with van der Waals surface area (Å²) in [5.41, 5.74) is 1.97. The van der Waals surface area contributed by atoms with Gasteiger partial charge in [0.05, 0.1) is 23.0 Å². The maximum atomic E-state index is 6.23. The summed E-state index contributed by atoms with van der Waals surface area (Å²) in [5.74, 6) is 0.837. The van der Waals surface area contributed by atoms with Crippen molar-refractivity contribution in [2.45, 2.75) is 39.8 Å². The van der Waals surface area contributed by atoms with Crippen LogP contribution in [0.15, 0.2) is 0 Å². The molecule has 0 aliphatic heterocycles. The summed E-state index contributed by atoms with van der Waals surface area (Å²) >= 11 is 6.23. The second kappa shape index (κ2) is 6.55. The van der Waals surface area contributed by atoms with Crippen LogP contribution in [0.3, 0.4) is 0 Å². The van der Waals surface area contributed by atoms with E-state index >= 15 is 0 Å². The fourth-order valence-corrected chi connectivity index (χ4v) is 2.13. The molecule has 102 valence electrons. The zero-order chi connectivity index (χ0) is 13.0. The van der Waals surface area contributed by atoms with E-state index in [0.717, 1.165) is 55.2 Å². The van der Waals surface area contributed by atoms with E-state index in [1.807, 2.05) is 11.6 Å². The Kier molecular flexibility index (Phi) is 5.03. The molecule has 1 aliphatic rings. The zero-order valence-corrected chi connectivity index (χ0v) is 12.0. The maximum Gasteiger partial charge on any atom is 0.0860 e. The highest BCUT2D eigenvalue weighted by molar-refractivity contribution is 6.31. The molecule has 1 heterocycles. The van der Waals surface area contributed by atoms with Crippen molar-refractivity contribution in [3.05, 3.63) is 16.4 Å². The minimum Gasteiger partial charge on any atom is -0.380 e. The van der Waals surface area contributed by atoms with Crippen molar-refractivity contribution in [3.63, 3.8) is 0 Å². The third-order valence-electron chi connectivity index (χ3n) is 3.22. The predicted molar refractivity (Wildman–Crippen MR) is 72.9 cm³/mol. The van der Waals surface area contributed by atoms with Gasteiger partial charge < -0.3 is 10.1 Å². The molecule has 1 aromatic heterocycles. The number of rotatable bonds is 8. The highest BCUT2D eigenvalue weighted by Gasteiger charge is 2.20. The highest BCUT2D eigenvalue weighted by atomic mass is 35.5. The van der Waals surface area contributed by atoms with Gasteiger partial charge in [0.2, 0.25) is 0 Å². The Hall–Kier alpha value is -0.580. The van der Waals surface area contributed by atoms with Crippen LogP contribution in [0.2, 0.25) is 5.02 Å². The lowest BCUT2D eigenvalue weighted by molar-refractivity contribution is 0.126. The Balaban J connectivity index is 1.68. The van der Waals surface area contributed by atoms with Gasteiger partial charge in [-0.3, -0.25) is 4.68 Å². The van der Waals surface area contributed by atoms with Crippen LogP contribution in [0.5, 0.6) is 0 Å². The van der Waals surface area contributed by atoms with Crippen molar-refractivity contribution in [1.29, 1.82) is 0 Å². The molecule has 1 fully saturated rings. The molecular weight excluding hydrogens is 250 g/mol. The summed E-state index contributed by atoms with van der Waals surface area (Å²) in [6.45, 7) is 8.17. The van der Waals surface area contributed by atoms with Gasteiger partial charge in [0, 0.05) is 26.2 Å². The van der Waals surface area contributed by atoms with Gasteiger partial charge in [0.15, 0.2) is 0 Å². The third kappa shape index (κ3) is 3.70. The van der Waals surface area contributed by atoms with Gasteiger partial charge in [0.1, 0.15) is 0 Å². The molecule has 1 aromatic rings. The van der Waals surface area contributed by atoms with Crippen LogP contribution >= 0.6 is 11.6 Å². The van der Waals surface area contributed by atoms with Gasteiger partial charge in [-0.15, -0.1) is 0 Å². The van der Waals surface area contributed by atoms with Gasteiger partial charge in [-0.1, -0.05) is 11.6 Å². The monoisotopic (exact) mass is 271 g/mol. The van der Waals surface area contributed by atoms with Gasteiger partial charge in [-0.05, 0) is 32.6 Å². The summed E-state index contributed by atoms with van der Waals surface area (Å²) in [7, 11) is 0. The van der Waals surface area contributed by atoms with Gasteiger partial charge in [-0.25, -0.2) is 0 Å². The summed E-state index contributed by atoms with van der Waals surface area (Å²) in [4.78, 5) is 0. The van der Waals surface area contributed by atoms with E-state index in [1.54, 1.807) is 0 Å². The summed E-state index contributed by atoms with van der Waals surface area (Å²) < 4.78 is 7.52. The quantitative estimate of drug-likeness (QED) is 0.738. The Bertz CT molecular complexity index is 388. The number of hydrogen-bond acceptors (Lipinski definition) is 3. The van der Waals surface area contributed by atoms with E-state index in [9.17, 15) is 0 Å². The number of nitrogens with one attached hydrogen (secondary N) is 1. The van der Waals surface area contributed by atoms with Gasteiger partial charge >= 0.3 is 0 Å². The SMILES string of the molecule is CCn1nc(C)c(Cl)c1CNCCOCC1CC1. The molecule has 0 radical (unpaired) electrons. The summed E-state index contributed by atoms with van der Waals surface area (Å²) in [6.07, 6.45) is 2.69. The van der Waals surface area contributed by atoms with E-state index in [0.29, 0.717) is 0 Å². The van der Waals surface area contributed by atoms with Gasteiger partial charge in [-0.2, -0.15) is 5.10 Å². The van der Waals surface area contributed by atoms with E-state index in [2.05, 4.69) is 17.3 Å². The first kappa shape index (κ1) is 13.8. The van der Waals surface area contributed by atoms with Crippen molar-refractivity contribution >= 4 is 11.6 Å². The summed E-state index contributed by atoms with van der Waals surface area (Å²) in [6, 6.07) is 0. The number of aryl methyl sites for hydroxylation is 2. The molecular formula is C13H22ClN3O. The lowest BCUT2D eigenvalue weighted by atomic mass is 10.3. The number of ether oxygens (including phenoxy) is 1. The van der Waals surface area contributed by atoms with Gasteiger partial charge in [0.25, 0.3) is 0 Å². The molecule has 2 rings (SSSR count). The van der Waals surface area contributed by atoms with Crippen LogP contribution in [-0.2, 0) is 17.8 Å². The fourth-order valence-electron chi connectivity index (χ4n) is 1.92. The third-order valence-corrected chi connectivity index (χ3v) is 3.71. The standard InChI is InChI=1S/C13H22ClN3O/c1-3-17-12(13(14)10(2)16-17)8-15-6-7-18-9-11-4-5-11/h11,15H,3-9H2,1-2H3. The average Bonchev–Trinajstić information content (AvgIpc) is 3.14. The predicted octanol–water partition coefficient (Wildman–Crippen LogP) is 2.38. The number of nitrogens with zero attached hydrogens (tertiary/aromatic N) is 2. The van der Waals surface area contributed by atoms with Crippen molar-refractivity contribution < 1.29 is 4.74 Å². The Morgan fingerprint density at radius 1 is 1.50 bits per heavy atom. The normalized spacial score (nSPS) is 15.3. The smallest absolute Gasteiger partial charge is 0.0860 e. The van der Waals surface area contributed by atoms with Crippen molar-refractivity contribution in [3.8, 4) is 0 Å². The molecule has 1 aliphatic carbocycles. The first-order chi connectivity index (χ1) is 8.72. The largest absolute Gasteiger partial charge is 0.380 e. The lowest BCUT2D eigenvalue weighted by Crippen LogP contribution is -2.21. The van der Waals surface area contributed by atoms with E-state index < -0.39 is 0 Å². The topological polar surface area (TPSA) is 39.1 Å². The molecule has 0 aromatic carbocycles. The molecule has 18 heavy (non-hydrogen) atoms. The molecule has 0 spiro atoms. The first-order valence-corrected chi connectivity index (χ1v) is 7.10. The zero-order valence-electron chi connectivity index (χ0n) is 11.2. The minimum absolute atomic E-state index is 0.750. The van der Waals surface area contributed by atoms with Crippen LogP contribution in [0, 0.1) is 12.8 Å². The maximum absolute atomic E-state index is 6.23. The van der Waals surface area contributed by atoms with Crippen molar-refractivity contribution in [2.75, 3.05) is 19.8 Å². The van der Waals surface area contributed by atoms with E-state index in [1.165, 1.54) is 12.8 Å². The second-order valence-electron chi connectivity index (χ2n) is 4.86. The van der Waals surface area contributed by atoms with E-state index in [-0.39, 0.29) is 0 Å². The van der Waals surface area contributed by atoms with E-state index in [4.69, 9.17) is 16.3 Å². The summed E-state index contributed by atoms with van der Waals surface area (Å²) in [5, 5.41) is 8.52. The molecule has 0 saturated heterocycles. The molecule has 0 bridgehead atoms. The number of halogens is 1. The molecule has 4 nitrogen and oxygen atoms in total. The molecule has 0 amide bonds. The lowest BCUT2D eigenvalue weighted by Gasteiger charge is -2.08. The Morgan fingerprint density at radius 2 is 2.28 bits per heavy atom. The van der Waals surface area contributed by atoms with Crippen molar-refractivity contribution in [2.24, 2.45) is 5.92 Å². The molecule has 0 atom stereocenters. The van der Waals surface area contributed by atoms with Crippen LogP contribution < -0.4 is 5.32 Å². The number of hydrogen-bond donors (Lipinski definition) is 1. The van der Waals surface area contributed by atoms with Crippen molar-refractivity contribution in [1.82, 2.24) is 15.1 Å². The van der Waals surface area contributed by atoms with Crippen LogP contribution in [0.4, 0.5) is 0 Å². The van der Waals surface area contributed by atoms with Crippen LogP contribution in [0.25, 0.3) is 0 Å². The second-order valence-corrected chi connectivity index (χ2v) is 5.23. The Morgan fingerprint density at radius 3 is 2.94 bits per heavy atom. The molecule has 1 saturated carbocycles. The molecule has 0 unspecified atom stereocenters. The minimum atomic E-state index is 0.750. The van der Waals surface area contributed by atoms with Crippen LogP contribution in [0.1, 0.15) is 31.2 Å².